The number of nitrogens with zero attached hydrogens (tertiary/aromatic N) is 5. The maximum Gasteiger partial charge on any atom is 0.252 e. The number of nitrogens with one attached hydrogen (secondary N) is 1. The minimum absolute atomic E-state index is 0.0815. The maximum absolute atomic E-state index is 13.1. The fourth-order valence-corrected chi connectivity index (χ4v) is 4.95. The van der Waals surface area contributed by atoms with Crippen molar-refractivity contribution in [3.8, 4) is 5.75 Å². The number of pyridine rings is 1. The molecule has 1 fully saturated rings. The van der Waals surface area contributed by atoms with E-state index in [2.05, 4.69) is 44.5 Å². The van der Waals surface area contributed by atoms with Crippen LogP contribution in [0, 0.1) is 0 Å². The standard InChI is InChI=1S/C27H32N6O3/c1-3-25(26-29-30-31-33(26)18-23-10-7-13-36-23)32(16-19-8-5-4-6-9-19)17-21-14-20-15-22(35-2)11-12-24(20)28-27(21)34/h4-6,8-9,11-12,14-15,23,25H,3,7,10,13,16-18H2,1-2H3,(H,28,34)/t23-,25+/m0/s1. The number of fused-ring (bicyclic) bond motifs is 1. The number of aromatic amines is 1. The third kappa shape index (κ3) is 5.32. The van der Waals surface area contributed by atoms with E-state index < -0.39 is 0 Å². The highest BCUT2D eigenvalue weighted by atomic mass is 16.5. The zero-order valence-electron chi connectivity index (χ0n) is 20.8. The number of ether oxygens (including phenoxy) is 2. The summed E-state index contributed by atoms with van der Waals surface area (Å²) in [5.74, 6) is 1.55. The van der Waals surface area contributed by atoms with Gasteiger partial charge in [-0.1, -0.05) is 37.3 Å². The van der Waals surface area contributed by atoms with Gasteiger partial charge in [-0.05, 0) is 59.5 Å². The minimum Gasteiger partial charge on any atom is -0.497 e. The van der Waals surface area contributed by atoms with Crippen molar-refractivity contribution in [2.45, 2.75) is 58.0 Å². The first-order valence-electron chi connectivity index (χ1n) is 12.5. The average molecular weight is 489 g/mol. The van der Waals surface area contributed by atoms with Gasteiger partial charge in [-0.15, -0.1) is 5.10 Å². The van der Waals surface area contributed by atoms with Crippen LogP contribution in [0.4, 0.5) is 0 Å². The maximum atomic E-state index is 13.1. The van der Waals surface area contributed by atoms with Gasteiger partial charge >= 0.3 is 0 Å². The van der Waals surface area contributed by atoms with Crippen LogP contribution in [-0.4, -0.2) is 49.9 Å². The lowest BCUT2D eigenvalue weighted by Gasteiger charge is -2.30. The largest absolute Gasteiger partial charge is 0.497 e. The van der Waals surface area contributed by atoms with Gasteiger partial charge in [0.05, 0.1) is 25.8 Å². The third-order valence-electron chi connectivity index (χ3n) is 6.82. The first-order valence-corrected chi connectivity index (χ1v) is 12.5. The van der Waals surface area contributed by atoms with Crippen molar-refractivity contribution in [3.63, 3.8) is 0 Å². The second kappa shape index (κ2) is 11.0. The molecule has 2 aromatic carbocycles. The Hall–Kier alpha value is -3.56. The fraction of sp³-hybridized carbons (Fsp3) is 0.407. The van der Waals surface area contributed by atoms with Gasteiger partial charge in [0.25, 0.3) is 5.56 Å². The van der Waals surface area contributed by atoms with Crippen LogP contribution in [-0.2, 0) is 24.4 Å². The van der Waals surface area contributed by atoms with E-state index >= 15 is 0 Å². The topological polar surface area (TPSA) is 98.2 Å². The summed E-state index contributed by atoms with van der Waals surface area (Å²) >= 11 is 0. The Balaban J connectivity index is 1.50. The van der Waals surface area contributed by atoms with Gasteiger partial charge in [-0.25, -0.2) is 4.68 Å². The molecule has 0 saturated carbocycles. The second-order valence-electron chi connectivity index (χ2n) is 9.25. The molecule has 1 aliphatic rings. The average Bonchev–Trinajstić information content (AvgIpc) is 3.58. The van der Waals surface area contributed by atoms with Crippen molar-refractivity contribution in [2.75, 3.05) is 13.7 Å². The van der Waals surface area contributed by atoms with Crippen molar-refractivity contribution in [1.82, 2.24) is 30.1 Å². The Morgan fingerprint density at radius 2 is 2.06 bits per heavy atom. The molecule has 2 atom stereocenters. The van der Waals surface area contributed by atoms with Crippen LogP contribution in [0.3, 0.4) is 0 Å². The summed E-state index contributed by atoms with van der Waals surface area (Å²) in [4.78, 5) is 18.4. The summed E-state index contributed by atoms with van der Waals surface area (Å²) in [6, 6.07) is 17.8. The van der Waals surface area contributed by atoms with Gasteiger partial charge in [0.15, 0.2) is 5.82 Å². The molecule has 0 aliphatic carbocycles. The van der Waals surface area contributed by atoms with Gasteiger partial charge in [0.2, 0.25) is 0 Å². The van der Waals surface area contributed by atoms with Gasteiger partial charge in [0.1, 0.15) is 5.75 Å². The fourth-order valence-electron chi connectivity index (χ4n) is 4.95. The van der Waals surface area contributed by atoms with E-state index in [1.807, 2.05) is 47.1 Å². The highest BCUT2D eigenvalue weighted by Gasteiger charge is 2.28. The molecule has 2 aromatic heterocycles. The number of hydrogen-bond acceptors (Lipinski definition) is 7. The first-order chi connectivity index (χ1) is 17.6. The number of hydrogen-bond donors (Lipinski definition) is 1. The number of rotatable bonds is 10. The van der Waals surface area contributed by atoms with E-state index in [1.54, 1.807) is 7.11 Å². The quantitative estimate of drug-likeness (QED) is 0.362. The molecule has 0 bridgehead atoms. The van der Waals surface area contributed by atoms with Gasteiger partial charge in [-0.2, -0.15) is 0 Å². The number of methoxy groups -OCH3 is 1. The van der Waals surface area contributed by atoms with Crippen LogP contribution in [0.5, 0.6) is 5.75 Å². The van der Waals surface area contributed by atoms with E-state index in [9.17, 15) is 4.79 Å². The lowest BCUT2D eigenvalue weighted by Crippen LogP contribution is -2.33. The number of aromatic nitrogens is 5. The first kappa shape index (κ1) is 24.1. The van der Waals surface area contributed by atoms with Crippen molar-refractivity contribution < 1.29 is 9.47 Å². The molecule has 0 spiro atoms. The summed E-state index contributed by atoms with van der Waals surface area (Å²) in [5.41, 5.74) is 2.53. The Kier molecular flexibility index (Phi) is 7.39. The van der Waals surface area contributed by atoms with Gasteiger partial charge in [-0.3, -0.25) is 9.69 Å². The van der Waals surface area contributed by atoms with E-state index in [0.717, 1.165) is 53.9 Å². The minimum atomic E-state index is -0.0977. The third-order valence-corrected chi connectivity index (χ3v) is 6.82. The summed E-state index contributed by atoms with van der Waals surface area (Å²) in [7, 11) is 1.64. The number of benzene rings is 2. The molecular weight excluding hydrogens is 456 g/mol. The van der Waals surface area contributed by atoms with Crippen LogP contribution >= 0.6 is 0 Å². The summed E-state index contributed by atoms with van der Waals surface area (Å²) in [6.45, 7) is 4.65. The summed E-state index contributed by atoms with van der Waals surface area (Å²) < 4.78 is 13.1. The van der Waals surface area contributed by atoms with Gasteiger partial charge in [0, 0.05) is 36.2 Å². The molecule has 9 nitrogen and oxygen atoms in total. The molecule has 36 heavy (non-hydrogen) atoms. The van der Waals surface area contributed by atoms with Crippen molar-refractivity contribution >= 4 is 10.9 Å². The Morgan fingerprint density at radius 3 is 2.81 bits per heavy atom. The van der Waals surface area contributed by atoms with E-state index in [-0.39, 0.29) is 17.7 Å². The molecule has 9 heteroatoms. The summed E-state index contributed by atoms with van der Waals surface area (Å²) in [6.07, 6.45) is 3.00. The highest BCUT2D eigenvalue weighted by Crippen LogP contribution is 2.28. The second-order valence-corrected chi connectivity index (χ2v) is 9.25. The van der Waals surface area contributed by atoms with E-state index in [4.69, 9.17) is 9.47 Å². The monoisotopic (exact) mass is 488 g/mol. The Bertz CT molecular complexity index is 1350. The molecule has 3 heterocycles. The van der Waals surface area contributed by atoms with Crippen molar-refractivity contribution in [2.24, 2.45) is 0 Å². The summed E-state index contributed by atoms with van der Waals surface area (Å²) in [5, 5.41) is 13.7. The molecule has 0 unspecified atom stereocenters. The van der Waals surface area contributed by atoms with Crippen LogP contribution in [0.1, 0.15) is 49.2 Å². The molecule has 188 valence electrons. The van der Waals surface area contributed by atoms with Crippen LogP contribution < -0.4 is 10.3 Å². The van der Waals surface area contributed by atoms with Crippen LogP contribution in [0.2, 0.25) is 0 Å². The molecule has 1 saturated heterocycles. The molecule has 0 radical (unpaired) electrons. The van der Waals surface area contributed by atoms with Crippen molar-refractivity contribution in [1.29, 1.82) is 0 Å². The van der Waals surface area contributed by atoms with E-state index in [1.165, 1.54) is 0 Å². The van der Waals surface area contributed by atoms with Crippen LogP contribution in [0.25, 0.3) is 10.9 Å². The molecule has 4 aromatic rings. The number of tetrazole rings is 1. The lowest BCUT2D eigenvalue weighted by atomic mass is 10.1. The van der Waals surface area contributed by atoms with Gasteiger partial charge < -0.3 is 14.5 Å². The van der Waals surface area contributed by atoms with Crippen LogP contribution in [0.15, 0.2) is 59.4 Å². The SMILES string of the molecule is CC[C@H](c1nnnn1C[C@@H]1CCCO1)N(Cc1ccccc1)Cc1cc2cc(OC)ccc2[nH]c1=O. The predicted molar refractivity (Wildman–Crippen MR) is 137 cm³/mol. The normalized spacial score (nSPS) is 16.6. The zero-order valence-corrected chi connectivity index (χ0v) is 20.8. The predicted octanol–water partition coefficient (Wildman–Crippen LogP) is 3.86. The Morgan fingerprint density at radius 1 is 1.19 bits per heavy atom. The lowest BCUT2D eigenvalue weighted by molar-refractivity contribution is 0.0888. The molecular formula is C27H32N6O3. The van der Waals surface area contributed by atoms with E-state index in [0.29, 0.717) is 25.2 Å². The number of H-pyrrole nitrogens is 1. The zero-order chi connectivity index (χ0) is 24.9. The molecule has 1 N–H and O–H groups in total. The highest BCUT2D eigenvalue weighted by molar-refractivity contribution is 5.80. The van der Waals surface area contributed by atoms with Crippen molar-refractivity contribution in [3.05, 3.63) is 81.9 Å². The Labute approximate surface area is 210 Å². The molecule has 0 amide bonds. The molecule has 1 aliphatic heterocycles. The molecule has 5 rings (SSSR count). The smallest absolute Gasteiger partial charge is 0.252 e.